The Hall–Kier alpha value is -3.36. The molecule has 1 amide bonds. The number of thiazole rings is 1. The highest BCUT2D eigenvalue weighted by Gasteiger charge is 2.22. The Balaban J connectivity index is 1.34. The maximum Gasteiger partial charge on any atom is 0.278 e. The first-order valence-corrected chi connectivity index (χ1v) is 10.5. The number of hydrogen-bond acceptors (Lipinski definition) is 6. The lowest BCUT2D eigenvalue weighted by Gasteiger charge is -2.25. The van der Waals surface area contributed by atoms with Crippen LogP contribution >= 0.6 is 11.3 Å². The molecule has 2 aromatic heterocycles. The van der Waals surface area contributed by atoms with Gasteiger partial charge in [-0.2, -0.15) is 5.10 Å². The van der Waals surface area contributed by atoms with Crippen LogP contribution in [0.3, 0.4) is 0 Å². The highest BCUT2D eigenvalue weighted by atomic mass is 32.1. The Morgan fingerprint density at radius 1 is 1.10 bits per heavy atom. The second-order valence-electron chi connectivity index (χ2n) is 7.24. The van der Waals surface area contributed by atoms with Crippen molar-refractivity contribution >= 4 is 33.1 Å². The van der Waals surface area contributed by atoms with Gasteiger partial charge in [-0.05, 0) is 11.6 Å². The molecule has 4 aromatic rings. The first-order valence-electron chi connectivity index (χ1n) is 9.71. The molecule has 0 spiro atoms. The maximum atomic E-state index is 12.8. The van der Waals surface area contributed by atoms with Crippen LogP contribution in [0.4, 0.5) is 5.13 Å². The van der Waals surface area contributed by atoms with Crippen LogP contribution < -0.4 is 10.9 Å². The lowest BCUT2D eigenvalue weighted by Crippen LogP contribution is -2.29. The number of benzene rings is 2. The second kappa shape index (κ2) is 7.81. The summed E-state index contributed by atoms with van der Waals surface area (Å²) in [6, 6.07) is 17.3. The Bertz CT molecular complexity index is 1280. The summed E-state index contributed by atoms with van der Waals surface area (Å²) in [5.41, 5.74) is 2.20. The van der Waals surface area contributed by atoms with Crippen molar-refractivity contribution in [3.8, 4) is 0 Å². The van der Waals surface area contributed by atoms with Crippen LogP contribution in [0.5, 0.6) is 0 Å². The largest absolute Gasteiger partial charge is 0.296 e. The highest BCUT2D eigenvalue weighted by Crippen LogP contribution is 2.29. The summed E-state index contributed by atoms with van der Waals surface area (Å²) in [6.07, 6.45) is 0.856. The van der Waals surface area contributed by atoms with Gasteiger partial charge in [0, 0.05) is 36.3 Å². The van der Waals surface area contributed by atoms with Crippen LogP contribution in [0, 0.1) is 0 Å². The van der Waals surface area contributed by atoms with Crippen molar-refractivity contribution in [2.45, 2.75) is 19.5 Å². The molecule has 0 fully saturated rings. The minimum Gasteiger partial charge on any atom is -0.296 e. The topological polar surface area (TPSA) is 91.0 Å². The van der Waals surface area contributed by atoms with Gasteiger partial charge in [-0.25, -0.2) is 10.1 Å². The number of amides is 1. The lowest BCUT2D eigenvalue weighted by atomic mass is 10.1. The smallest absolute Gasteiger partial charge is 0.278 e. The number of H-pyrrole nitrogens is 1. The third-order valence-electron chi connectivity index (χ3n) is 5.19. The van der Waals surface area contributed by atoms with Crippen molar-refractivity contribution in [2.24, 2.45) is 0 Å². The molecule has 0 atom stereocenters. The van der Waals surface area contributed by atoms with Gasteiger partial charge in [0.15, 0.2) is 10.8 Å². The van der Waals surface area contributed by atoms with E-state index >= 15 is 0 Å². The molecule has 5 rings (SSSR count). The van der Waals surface area contributed by atoms with Crippen LogP contribution in [0.15, 0.2) is 59.4 Å². The zero-order valence-electron chi connectivity index (χ0n) is 16.1. The number of nitrogens with zero attached hydrogens (tertiary/aromatic N) is 3. The quantitative estimate of drug-likeness (QED) is 0.532. The summed E-state index contributed by atoms with van der Waals surface area (Å²) < 4.78 is 0. The van der Waals surface area contributed by atoms with Crippen LogP contribution in [-0.2, 0) is 19.5 Å². The fourth-order valence-electron chi connectivity index (χ4n) is 3.72. The molecular weight excluding hydrogens is 398 g/mol. The molecule has 2 N–H and O–H groups in total. The number of hydrogen-bond donors (Lipinski definition) is 2. The van der Waals surface area contributed by atoms with Gasteiger partial charge in [-0.15, -0.1) is 11.3 Å². The van der Waals surface area contributed by atoms with Gasteiger partial charge in [0.1, 0.15) is 0 Å². The van der Waals surface area contributed by atoms with E-state index in [0.29, 0.717) is 15.9 Å². The molecule has 7 nitrogen and oxygen atoms in total. The van der Waals surface area contributed by atoms with E-state index in [1.54, 1.807) is 24.3 Å². The van der Waals surface area contributed by atoms with Crippen LogP contribution in [-0.4, -0.2) is 32.5 Å². The van der Waals surface area contributed by atoms with Crippen LogP contribution in [0.2, 0.25) is 0 Å². The zero-order valence-corrected chi connectivity index (χ0v) is 16.9. The fourth-order valence-corrected chi connectivity index (χ4v) is 4.77. The zero-order chi connectivity index (χ0) is 20.5. The Morgan fingerprint density at radius 2 is 1.87 bits per heavy atom. The number of carbonyl (C=O) groups excluding carboxylic acids is 1. The first-order chi connectivity index (χ1) is 14.7. The van der Waals surface area contributed by atoms with E-state index in [1.165, 1.54) is 21.8 Å². The van der Waals surface area contributed by atoms with Crippen molar-refractivity contribution in [1.29, 1.82) is 0 Å². The second-order valence-corrected chi connectivity index (χ2v) is 8.32. The molecule has 1 aliphatic heterocycles. The molecule has 0 saturated carbocycles. The number of aromatic amines is 1. The predicted molar refractivity (Wildman–Crippen MR) is 117 cm³/mol. The summed E-state index contributed by atoms with van der Waals surface area (Å²) in [5, 5.41) is 10.7. The Labute approximate surface area is 176 Å². The maximum absolute atomic E-state index is 12.8. The minimum absolute atomic E-state index is 0.184. The SMILES string of the molecule is O=C(Nc1nc2c(s1)CN(Cc1ccccc1)CC2)c1n[nH]c(=O)c2ccccc12. The molecule has 0 unspecified atom stereocenters. The molecule has 8 heteroatoms. The Kier molecular flexibility index (Phi) is 4.86. The van der Waals surface area contributed by atoms with Gasteiger partial charge in [0.2, 0.25) is 0 Å². The fraction of sp³-hybridized carbons (Fsp3) is 0.182. The van der Waals surface area contributed by atoms with E-state index in [9.17, 15) is 9.59 Å². The number of rotatable bonds is 4. The van der Waals surface area contributed by atoms with E-state index in [-0.39, 0.29) is 17.2 Å². The lowest BCUT2D eigenvalue weighted by molar-refractivity contribution is 0.102. The molecule has 0 bridgehead atoms. The molecule has 3 heterocycles. The minimum atomic E-state index is -0.380. The van der Waals surface area contributed by atoms with Crippen molar-refractivity contribution in [2.75, 3.05) is 11.9 Å². The highest BCUT2D eigenvalue weighted by molar-refractivity contribution is 7.15. The summed E-state index contributed by atoms with van der Waals surface area (Å²) in [5.74, 6) is -0.380. The number of anilines is 1. The predicted octanol–water partition coefficient (Wildman–Crippen LogP) is 3.19. The normalized spacial score (nSPS) is 13.9. The van der Waals surface area contributed by atoms with Crippen LogP contribution in [0.25, 0.3) is 10.8 Å². The standard InChI is InChI=1S/C22H19N5O2S/c28-20-16-9-5-4-8-15(16)19(25-26-20)21(29)24-22-23-17-10-11-27(13-18(17)30-22)12-14-6-2-1-3-7-14/h1-9H,10-13H2,(H,26,28)(H,23,24,29). The third kappa shape index (κ3) is 3.62. The van der Waals surface area contributed by atoms with Gasteiger partial charge >= 0.3 is 0 Å². The van der Waals surface area contributed by atoms with E-state index in [4.69, 9.17) is 0 Å². The van der Waals surface area contributed by atoms with Crippen molar-refractivity contribution in [3.05, 3.63) is 86.8 Å². The molecule has 150 valence electrons. The Morgan fingerprint density at radius 3 is 2.70 bits per heavy atom. The van der Waals surface area contributed by atoms with Gasteiger partial charge < -0.3 is 0 Å². The molecule has 0 saturated heterocycles. The first kappa shape index (κ1) is 18.7. The number of nitrogens with one attached hydrogen (secondary N) is 2. The van der Waals surface area contributed by atoms with E-state index in [2.05, 4.69) is 49.7 Å². The van der Waals surface area contributed by atoms with Crippen LogP contribution in [0.1, 0.15) is 26.6 Å². The molecule has 30 heavy (non-hydrogen) atoms. The van der Waals surface area contributed by atoms with Gasteiger partial charge in [-0.3, -0.25) is 19.8 Å². The molecule has 0 radical (unpaired) electrons. The van der Waals surface area contributed by atoms with Gasteiger partial charge in [0.05, 0.1) is 11.1 Å². The third-order valence-corrected chi connectivity index (χ3v) is 6.19. The number of aromatic nitrogens is 3. The molecule has 0 aliphatic carbocycles. The summed E-state index contributed by atoms with van der Waals surface area (Å²) in [7, 11) is 0. The molecule has 2 aromatic carbocycles. The monoisotopic (exact) mass is 417 g/mol. The van der Waals surface area contributed by atoms with Crippen molar-refractivity contribution in [1.82, 2.24) is 20.1 Å². The average Bonchev–Trinajstić information content (AvgIpc) is 3.16. The molecule has 1 aliphatic rings. The summed E-state index contributed by atoms with van der Waals surface area (Å²) in [6.45, 7) is 2.65. The number of fused-ring (bicyclic) bond motifs is 2. The summed E-state index contributed by atoms with van der Waals surface area (Å²) in [4.78, 5) is 32.9. The molecular formula is C22H19N5O2S. The van der Waals surface area contributed by atoms with E-state index in [1.807, 2.05) is 6.07 Å². The van der Waals surface area contributed by atoms with E-state index < -0.39 is 0 Å². The van der Waals surface area contributed by atoms with E-state index in [0.717, 1.165) is 31.7 Å². The average molecular weight is 417 g/mol. The van der Waals surface area contributed by atoms with Crippen molar-refractivity contribution in [3.63, 3.8) is 0 Å². The van der Waals surface area contributed by atoms with Gasteiger partial charge in [-0.1, -0.05) is 48.5 Å². The number of carbonyl (C=O) groups is 1. The van der Waals surface area contributed by atoms with Gasteiger partial charge in [0.25, 0.3) is 11.5 Å². The summed E-state index contributed by atoms with van der Waals surface area (Å²) >= 11 is 1.50. The van der Waals surface area contributed by atoms with Crippen molar-refractivity contribution < 1.29 is 4.79 Å².